The van der Waals surface area contributed by atoms with Crippen molar-refractivity contribution in [1.29, 1.82) is 0 Å². The van der Waals surface area contributed by atoms with Gasteiger partial charge in [0.2, 0.25) is 0 Å². The van der Waals surface area contributed by atoms with E-state index in [1.54, 1.807) is 0 Å². The van der Waals surface area contributed by atoms with Crippen LogP contribution in [-0.2, 0) is 11.2 Å². The molecule has 2 aliphatic rings. The number of amides is 2. The van der Waals surface area contributed by atoms with Crippen LogP contribution in [0, 0.1) is 5.92 Å². The number of hydrogen-bond donors (Lipinski definition) is 1. The Morgan fingerprint density at radius 2 is 1.61 bits per heavy atom. The van der Waals surface area contributed by atoms with Gasteiger partial charge in [0.05, 0.1) is 24.6 Å². The highest BCUT2D eigenvalue weighted by Gasteiger charge is 2.24. The van der Waals surface area contributed by atoms with Crippen LogP contribution in [0.5, 0.6) is 0 Å². The maximum atomic E-state index is 12.8. The number of benzene rings is 2. The minimum absolute atomic E-state index is 0.0128. The van der Waals surface area contributed by atoms with E-state index >= 15 is 0 Å². The average molecular weight is 380 g/mol. The molecule has 0 atom stereocenters. The molecule has 148 valence electrons. The van der Waals surface area contributed by atoms with Crippen molar-refractivity contribution in [3.05, 3.63) is 60.2 Å². The number of carbonyl (C=O) groups is 1. The average Bonchev–Trinajstić information content (AvgIpc) is 2.76. The quantitative estimate of drug-likeness (QED) is 0.873. The van der Waals surface area contributed by atoms with E-state index in [2.05, 4.69) is 46.6 Å². The molecular weight excluding hydrogens is 350 g/mol. The maximum absolute atomic E-state index is 12.8. The highest BCUT2D eigenvalue weighted by Crippen LogP contribution is 2.27. The fourth-order valence-corrected chi connectivity index (χ4v) is 4.14. The fraction of sp³-hybridized carbons (Fsp3) is 0.435. The molecule has 0 spiro atoms. The number of ether oxygens (including phenoxy) is 1. The fourth-order valence-electron chi connectivity index (χ4n) is 4.14. The summed E-state index contributed by atoms with van der Waals surface area (Å²) < 4.78 is 5.45. The van der Waals surface area contributed by atoms with Crippen molar-refractivity contribution in [1.82, 2.24) is 4.90 Å². The van der Waals surface area contributed by atoms with Crippen LogP contribution in [0.15, 0.2) is 54.6 Å². The summed E-state index contributed by atoms with van der Waals surface area (Å²) in [6.45, 7) is 4.83. The van der Waals surface area contributed by atoms with Gasteiger partial charge in [0.15, 0.2) is 0 Å². The van der Waals surface area contributed by atoms with Gasteiger partial charge in [-0.1, -0.05) is 42.5 Å². The Kier molecular flexibility index (Phi) is 6.12. The van der Waals surface area contributed by atoms with Gasteiger partial charge in [0.25, 0.3) is 0 Å². The van der Waals surface area contributed by atoms with Gasteiger partial charge >= 0.3 is 6.03 Å². The monoisotopic (exact) mass is 379 g/mol. The molecule has 2 aromatic rings. The van der Waals surface area contributed by atoms with E-state index in [0.29, 0.717) is 5.92 Å². The summed E-state index contributed by atoms with van der Waals surface area (Å²) in [5.41, 5.74) is 3.36. The first-order valence-corrected chi connectivity index (χ1v) is 10.3. The van der Waals surface area contributed by atoms with Crippen molar-refractivity contribution in [3.63, 3.8) is 0 Å². The molecule has 2 heterocycles. The molecule has 2 amide bonds. The summed E-state index contributed by atoms with van der Waals surface area (Å²) in [7, 11) is 0. The van der Waals surface area contributed by atoms with Gasteiger partial charge in [-0.2, -0.15) is 0 Å². The van der Waals surface area contributed by atoms with Gasteiger partial charge in [-0.3, -0.25) is 0 Å². The SMILES string of the molecule is O=C(Nc1ccccc1N1CCOCC1)N1CCC(Cc2ccccc2)CC1. The summed E-state index contributed by atoms with van der Waals surface area (Å²) >= 11 is 0. The molecule has 5 nitrogen and oxygen atoms in total. The first-order valence-electron chi connectivity index (χ1n) is 10.3. The van der Waals surface area contributed by atoms with Gasteiger partial charge in [0, 0.05) is 26.2 Å². The number of para-hydroxylation sites is 2. The summed E-state index contributed by atoms with van der Waals surface area (Å²) in [5.74, 6) is 0.659. The van der Waals surface area contributed by atoms with E-state index in [0.717, 1.165) is 70.0 Å². The van der Waals surface area contributed by atoms with E-state index < -0.39 is 0 Å². The Morgan fingerprint density at radius 3 is 2.36 bits per heavy atom. The van der Waals surface area contributed by atoms with Crippen LogP contribution in [0.2, 0.25) is 0 Å². The summed E-state index contributed by atoms with van der Waals surface area (Å²) in [6.07, 6.45) is 3.23. The van der Waals surface area contributed by atoms with Gasteiger partial charge in [0.1, 0.15) is 0 Å². The zero-order valence-electron chi connectivity index (χ0n) is 16.3. The van der Waals surface area contributed by atoms with E-state index in [4.69, 9.17) is 4.74 Å². The van der Waals surface area contributed by atoms with E-state index in [-0.39, 0.29) is 6.03 Å². The Labute approximate surface area is 167 Å². The molecule has 0 radical (unpaired) electrons. The van der Waals surface area contributed by atoms with Crippen LogP contribution < -0.4 is 10.2 Å². The molecule has 0 saturated carbocycles. The zero-order valence-corrected chi connectivity index (χ0v) is 16.3. The normalized spacial score (nSPS) is 18.1. The molecule has 0 aromatic heterocycles. The van der Waals surface area contributed by atoms with E-state index in [9.17, 15) is 4.79 Å². The number of hydrogen-bond acceptors (Lipinski definition) is 3. The number of carbonyl (C=O) groups excluding carboxylic acids is 1. The standard InChI is InChI=1S/C23H29N3O2/c27-23(24-21-8-4-5-9-22(21)25-14-16-28-17-15-25)26-12-10-20(11-13-26)18-19-6-2-1-3-7-19/h1-9,20H,10-18H2,(H,24,27). The van der Waals surface area contributed by atoms with E-state index in [1.165, 1.54) is 5.56 Å². The van der Waals surface area contributed by atoms with E-state index in [1.807, 2.05) is 23.1 Å². The number of nitrogens with one attached hydrogen (secondary N) is 1. The van der Waals surface area contributed by atoms with Crippen molar-refractivity contribution >= 4 is 17.4 Å². The number of morpholine rings is 1. The number of nitrogens with zero attached hydrogens (tertiary/aromatic N) is 2. The number of likely N-dealkylation sites (tertiary alicyclic amines) is 1. The third-order valence-electron chi connectivity index (χ3n) is 5.77. The highest BCUT2D eigenvalue weighted by molar-refractivity contribution is 5.93. The van der Waals surface area contributed by atoms with Crippen LogP contribution >= 0.6 is 0 Å². The predicted octanol–water partition coefficient (Wildman–Crippen LogP) is 4.01. The highest BCUT2D eigenvalue weighted by atomic mass is 16.5. The third kappa shape index (κ3) is 4.65. The van der Waals surface area contributed by atoms with Gasteiger partial charge in [-0.05, 0) is 42.9 Å². The molecule has 0 aliphatic carbocycles. The largest absolute Gasteiger partial charge is 0.378 e. The van der Waals surface area contributed by atoms with Crippen LogP contribution in [0.25, 0.3) is 0 Å². The van der Waals surface area contributed by atoms with Crippen LogP contribution in [0.4, 0.5) is 16.2 Å². The number of rotatable bonds is 4. The lowest BCUT2D eigenvalue weighted by Crippen LogP contribution is -2.42. The maximum Gasteiger partial charge on any atom is 0.321 e. The third-order valence-corrected chi connectivity index (χ3v) is 5.77. The lowest BCUT2D eigenvalue weighted by molar-refractivity contribution is 0.123. The number of piperidine rings is 1. The zero-order chi connectivity index (χ0) is 19.2. The second-order valence-electron chi connectivity index (χ2n) is 7.67. The van der Waals surface area contributed by atoms with Crippen molar-refractivity contribution in [2.45, 2.75) is 19.3 Å². The molecule has 28 heavy (non-hydrogen) atoms. The summed E-state index contributed by atoms with van der Waals surface area (Å²) in [5, 5.41) is 3.15. The first-order chi connectivity index (χ1) is 13.8. The van der Waals surface area contributed by atoms with Crippen molar-refractivity contribution < 1.29 is 9.53 Å². The van der Waals surface area contributed by atoms with Gasteiger partial charge in [-0.25, -0.2) is 4.79 Å². The Morgan fingerprint density at radius 1 is 0.929 bits per heavy atom. The molecule has 4 rings (SSSR count). The second kappa shape index (κ2) is 9.11. The van der Waals surface area contributed by atoms with Gasteiger partial charge < -0.3 is 19.9 Å². The molecule has 5 heteroatoms. The van der Waals surface area contributed by atoms with Gasteiger partial charge in [-0.15, -0.1) is 0 Å². The minimum Gasteiger partial charge on any atom is -0.378 e. The minimum atomic E-state index is 0.0128. The number of anilines is 2. The van der Waals surface area contributed by atoms with Crippen molar-refractivity contribution in [2.24, 2.45) is 5.92 Å². The molecule has 0 unspecified atom stereocenters. The molecular formula is C23H29N3O2. The Balaban J connectivity index is 1.32. The number of urea groups is 1. The molecule has 1 N–H and O–H groups in total. The van der Waals surface area contributed by atoms with Crippen LogP contribution in [-0.4, -0.2) is 50.3 Å². The van der Waals surface area contributed by atoms with Crippen molar-refractivity contribution in [3.8, 4) is 0 Å². The van der Waals surface area contributed by atoms with Crippen LogP contribution in [0.1, 0.15) is 18.4 Å². The topological polar surface area (TPSA) is 44.8 Å². The summed E-state index contributed by atoms with van der Waals surface area (Å²) in [4.78, 5) is 17.1. The Hall–Kier alpha value is -2.53. The lowest BCUT2D eigenvalue weighted by Gasteiger charge is -2.33. The second-order valence-corrected chi connectivity index (χ2v) is 7.67. The molecule has 2 aliphatic heterocycles. The molecule has 0 bridgehead atoms. The lowest BCUT2D eigenvalue weighted by atomic mass is 9.90. The molecule has 2 aromatic carbocycles. The van der Waals surface area contributed by atoms with Crippen LogP contribution in [0.3, 0.4) is 0 Å². The molecule has 2 saturated heterocycles. The Bertz CT molecular complexity index is 766. The van der Waals surface area contributed by atoms with Crippen molar-refractivity contribution in [2.75, 3.05) is 49.6 Å². The smallest absolute Gasteiger partial charge is 0.321 e. The predicted molar refractivity (Wildman–Crippen MR) is 113 cm³/mol. The molecule has 2 fully saturated rings. The summed E-state index contributed by atoms with van der Waals surface area (Å²) in [6, 6.07) is 18.7. The first kappa shape index (κ1) is 18.8.